The number of alkyl halides is 1. The van der Waals surface area contributed by atoms with Crippen molar-refractivity contribution >= 4 is 35.3 Å². The summed E-state index contributed by atoms with van der Waals surface area (Å²) in [5, 5.41) is 14.8. The first-order valence-electron chi connectivity index (χ1n) is 6.92. The van der Waals surface area contributed by atoms with Crippen LogP contribution >= 0.6 is 23.4 Å². The van der Waals surface area contributed by atoms with Gasteiger partial charge in [-0.2, -0.15) is 0 Å². The maximum Gasteiger partial charge on any atom is 0.414 e. The summed E-state index contributed by atoms with van der Waals surface area (Å²) in [6.07, 6.45) is 2.91. The first-order valence-corrected chi connectivity index (χ1v) is 8.50. The summed E-state index contributed by atoms with van der Waals surface area (Å²) in [5.74, 6) is -1.80. The van der Waals surface area contributed by atoms with E-state index < -0.39 is 11.9 Å². The van der Waals surface area contributed by atoms with Crippen molar-refractivity contribution in [2.45, 2.75) is 38.2 Å². The Bertz CT molecular complexity index is 307. The molecule has 0 aromatic heterocycles. The van der Waals surface area contributed by atoms with Crippen LogP contribution < -0.4 is 0 Å². The molecule has 1 saturated heterocycles. The number of unbranched alkanes of at least 4 members (excludes halogenated alkanes) is 1. The van der Waals surface area contributed by atoms with Gasteiger partial charge in [-0.25, -0.2) is 9.59 Å². The molecule has 124 valence electrons. The molecule has 1 heterocycles. The monoisotopic (exact) mass is 341 g/mol. The van der Waals surface area contributed by atoms with Crippen molar-refractivity contribution in [3.05, 3.63) is 0 Å². The van der Waals surface area contributed by atoms with E-state index in [0.717, 1.165) is 31.3 Å². The largest absolute Gasteiger partial charge is 0.473 e. The van der Waals surface area contributed by atoms with Gasteiger partial charge in [-0.15, -0.1) is 23.4 Å². The molecule has 8 heteroatoms. The topological polar surface area (TPSA) is 87.1 Å². The molecule has 0 unspecified atom stereocenters. The number of hydrogen-bond acceptors (Lipinski definition) is 5. The minimum absolute atomic E-state index is 0.374. The van der Waals surface area contributed by atoms with E-state index >= 15 is 0 Å². The number of nitrogens with zero attached hydrogens (tertiary/aromatic N) is 1. The van der Waals surface area contributed by atoms with Crippen LogP contribution in [0.5, 0.6) is 0 Å². The lowest BCUT2D eigenvalue weighted by Crippen LogP contribution is -2.35. The lowest BCUT2D eigenvalue weighted by Gasteiger charge is -2.24. The summed E-state index contributed by atoms with van der Waals surface area (Å²) in [4.78, 5) is 20.6. The number of thioether (sulfide) groups is 1. The van der Waals surface area contributed by atoms with Crippen LogP contribution in [0, 0.1) is 0 Å². The highest BCUT2D eigenvalue weighted by Gasteiger charge is 2.24. The molecule has 0 spiro atoms. The van der Waals surface area contributed by atoms with Crippen LogP contribution in [-0.2, 0) is 14.3 Å². The maximum absolute atomic E-state index is 9.10. The van der Waals surface area contributed by atoms with Crippen molar-refractivity contribution in [1.29, 1.82) is 0 Å². The van der Waals surface area contributed by atoms with Crippen LogP contribution in [0.4, 0.5) is 0 Å². The van der Waals surface area contributed by atoms with E-state index in [2.05, 4.69) is 18.7 Å². The van der Waals surface area contributed by atoms with Crippen molar-refractivity contribution in [1.82, 2.24) is 4.90 Å². The van der Waals surface area contributed by atoms with Crippen LogP contribution in [-0.4, -0.2) is 69.9 Å². The smallest absolute Gasteiger partial charge is 0.414 e. The SMILES string of the molecule is CCCCN(CCCl)C[C@@H]1CS[C@H](C)O1.O=C(O)C(=O)O. The third-order valence-corrected chi connectivity index (χ3v) is 4.09. The fourth-order valence-corrected chi connectivity index (χ4v) is 2.92. The standard InChI is InChI=1S/C11H22ClNOS.C2H2O4/c1-3-4-6-13(7-5-12)8-11-9-15-10(2)14-11;3-1(4)2(5)6/h10-11H,3-9H2,1-2H3;(H,3,4)(H,5,6)/t10-,11-;/m1./s1. The predicted octanol–water partition coefficient (Wildman–Crippen LogP) is 1.96. The highest BCUT2D eigenvalue weighted by molar-refractivity contribution is 7.99. The summed E-state index contributed by atoms with van der Waals surface area (Å²) < 4.78 is 5.80. The van der Waals surface area contributed by atoms with E-state index in [1.54, 1.807) is 0 Å². The Balaban J connectivity index is 0.000000567. The van der Waals surface area contributed by atoms with Crippen molar-refractivity contribution < 1.29 is 24.5 Å². The quantitative estimate of drug-likeness (QED) is 0.540. The number of carbonyl (C=O) groups is 2. The molecule has 0 bridgehead atoms. The van der Waals surface area contributed by atoms with Gasteiger partial charge in [0.2, 0.25) is 0 Å². The van der Waals surface area contributed by atoms with E-state index in [1.165, 1.54) is 12.8 Å². The maximum atomic E-state index is 9.10. The van der Waals surface area contributed by atoms with E-state index in [1.807, 2.05) is 11.8 Å². The molecular formula is C13H24ClNO5S. The zero-order chi connectivity index (χ0) is 16.3. The first-order chi connectivity index (χ1) is 9.90. The number of hydrogen-bond donors (Lipinski definition) is 2. The van der Waals surface area contributed by atoms with Crippen LogP contribution in [0.2, 0.25) is 0 Å². The van der Waals surface area contributed by atoms with E-state index in [4.69, 9.17) is 36.1 Å². The van der Waals surface area contributed by atoms with Gasteiger partial charge in [0.15, 0.2) is 0 Å². The normalized spacial score (nSPS) is 21.0. The van der Waals surface area contributed by atoms with Crippen molar-refractivity contribution in [2.75, 3.05) is 31.3 Å². The Hall–Kier alpha value is -0.500. The summed E-state index contributed by atoms with van der Waals surface area (Å²) in [6, 6.07) is 0. The Labute approximate surface area is 134 Å². The van der Waals surface area contributed by atoms with Gasteiger partial charge in [-0.1, -0.05) is 13.3 Å². The molecule has 1 aliphatic heterocycles. The van der Waals surface area contributed by atoms with E-state index in [-0.39, 0.29) is 0 Å². The Morgan fingerprint density at radius 3 is 2.33 bits per heavy atom. The zero-order valence-corrected chi connectivity index (χ0v) is 14.0. The summed E-state index contributed by atoms with van der Waals surface area (Å²) in [5.41, 5.74) is 0.374. The Kier molecular flexibility index (Phi) is 11.8. The third-order valence-electron chi connectivity index (χ3n) is 2.77. The summed E-state index contributed by atoms with van der Waals surface area (Å²) in [7, 11) is 0. The van der Waals surface area contributed by atoms with Crippen LogP contribution in [0.3, 0.4) is 0 Å². The van der Waals surface area contributed by atoms with Gasteiger partial charge in [0.25, 0.3) is 0 Å². The molecule has 0 radical (unpaired) electrons. The second-order valence-electron chi connectivity index (χ2n) is 4.61. The third kappa shape index (κ3) is 10.8. The molecule has 1 rings (SSSR count). The van der Waals surface area contributed by atoms with Gasteiger partial charge in [0, 0.05) is 24.7 Å². The second kappa shape index (κ2) is 12.1. The molecule has 0 amide bonds. The average molecular weight is 342 g/mol. The van der Waals surface area contributed by atoms with Gasteiger partial charge >= 0.3 is 11.9 Å². The Morgan fingerprint density at radius 1 is 1.33 bits per heavy atom. The Morgan fingerprint density at radius 2 is 1.95 bits per heavy atom. The lowest BCUT2D eigenvalue weighted by atomic mass is 10.3. The average Bonchev–Trinajstić information content (AvgIpc) is 2.82. The fraction of sp³-hybridized carbons (Fsp3) is 0.846. The molecule has 1 aliphatic rings. The van der Waals surface area contributed by atoms with Crippen LogP contribution in [0.25, 0.3) is 0 Å². The molecule has 0 aliphatic carbocycles. The highest BCUT2D eigenvalue weighted by atomic mass is 35.5. The van der Waals surface area contributed by atoms with Crippen molar-refractivity contribution in [3.63, 3.8) is 0 Å². The first kappa shape index (κ1) is 20.5. The van der Waals surface area contributed by atoms with Crippen molar-refractivity contribution in [3.8, 4) is 0 Å². The minimum atomic E-state index is -1.82. The summed E-state index contributed by atoms with van der Waals surface area (Å²) in [6.45, 7) is 7.54. The molecule has 0 aromatic rings. The van der Waals surface area contributed by atoms with Gasteiger partial charge < -0.3 is 14.9 Å². The number of carboxylic acid groups (broad SMARTS) is 2. The minimum Gasteiger partial charge on any atom is -0.473 e. The zero-order valence-electron chi connectivity index (χ0n) is 12.5. The molecule has 0 saturated carbocycles. The molecule has 21 heavy (non-hydrogen) atoms. The van der Waals surface area contributed by atoms with Gasteiger partial charge in [0.05, 0.1) is 6.10 Å². The fourth-order valence-electron chi connectivity index (χ4n) is 1.77. The van der Waals surface area contributed by atoms with Crippen molar-refractivity contribution in [2.24, 2.45) is 0 Å². The number of halogens is 1. The second-order valence-corrected chi connectivity index (χ2v) is 6.32. The summed E-state index contributed by atoms with van der Waals surface area (Å²) >= 11 is 7.71. The van der Waals surface area contributed by atoms with E-state index in [0.29, 0.717) is 11.5 Å². The lowest BCUT2D eigenvalue weighted by molar-refractivity contribution is -0.159. The van der Waals surface area contributed by atoms with Crippen LogP contribution in [0.1, 0.15) is 26.7 Å². The van der Waals surface area contributed by atoms with Gasteiger partial charge in [-0.05, 0) is 19.9 Å². The highest BCUT2D eigenvalue weighted by Crippen LogP contribution is 2.24. The molecule has 2 atom stereocenters. The molecule has 6 nitrogen and oxygen atoms in total. The molecule has 2 N–H and O–H groups in total. The van der Waals surface area contributed by atoms with Crippen LogP contribution in [0.15, 0.2) is 0 Å². The van der Waals surface area contributed by atoms with Gasteiger partial charge in [-0.3, -0.25) is 4.90 Å². The molecule has 1 fully saturated rings. The molecular weight excluding hydrogens is 318 g/mol. The predicted molar refractivity (Wildman–Crippen MR) is 84.1 cm³/mol. The number of ether oxygens (including phenoxy) is 1. The number of rotatable bonds is 7. The number of carboxylic acids is 2. The van der Waals surface area contributed by atoms with Gasteiger partial charge in [0.1, 0.15) is 5.44 Å². The van der Waals surface area contributed by atoms with E-state index in [9.17, 15) is 0 Å². The molecule has 0 aromatic carbocycles. The number of aliphatic carboxylic acids is 2.